The van der Waals surface area contributed by atoms with Crippen molar-refractivity contribution >= 4 is 5.97 Å². The summed E-state index contributed by atoms with van der Waals surface area (Å²) in [6.45, 7) is 5.48. The summed E-state index contributed by atoms with van der Waals surface area (Å²) < 4.78 is 5.41. The summed E-state index contributed by atoms with van der Waals surface area (Å²) in [5.74, 6) is 0.259. The maximum Gasteiger partial charge on any atom is 0.338 e. The van der Waals surface area contributed by atoms with Gasteiger partial charge in [0.2, 0.25) is 0 Å². The maximum absolute atomic E-state index is 12.0. The number of nitrogens with two attached hydrogens (primary N) is 1. The standard InChI is InChI=1S/C17H27NO2/c1-3-5-6-14(4-2)13-20-17(19)16-9-7-15(8-10-16)11-12-18/h7-10,14H,3-6,11-13,18H2,1-2H3. The first-order chi connectivity index (χ1) is 9.71. The fourth-order valence-corrected chi connectivity index (χ4v) is 2.15. The molecule has 0 amide bonds. The third-order valence-electron chi connectivity index (χ3n) is 3.62. The number of carbonyl (C=O) groups excluding carboxylic acids is 1. The summed E-state index contributed by atoms with van der Waals surface area (Å²) in [5, 5.41) is 0. The minimum Gasteiger partial charge on any atom is -0.462 e. The van der Waals surface area contributed by atoms with E-state index in [1.807, 2.05) is 24.3 Å². The van der Waals surface area contributed by atoms with Crippen molar-refractivity contribution in [2.24, 2.45) is 11.7 Å². The number of benzene rings is 1. The van der Waals surface area contributed by atoms with Gasteiger partial charge in [0.25, 0.3) is 0 Å². The first kappa shape index (κ1) is 16.7. The monoisotopic (exact) mass is 277 g/mol. The van der Waals surface area contributed by atoms with Crippen LogP contribution < -0.4 is 5.73 Å². The van der Waals surface area contributed by atoms with Crippen LogP contribution in [-0.4, -0.2) is 19.1 Å². The van der Waals surface area contributed by atoms with E-state index in [-0.39, 0.29) is 5.97 Å². The van der Waals surface area contributed by atoms with Crippen molar-refractivity contribution in [3.05, 3.63) is 35.4 Å². The molecule has 112 valence electrons. The molecule has 3 nitrogen and oxygen atoms in total. The van der Waals surface area contributed by atoms with Gasteiger partial charge < -0.3 is 10.5 Å². The maximum atomic E-state index is 12.0. The third-order valence-corrected chi connectivity index (χ3v) is 3.62. The van der Waals surface area contributed by atoms with Crippen LogP contribution in [0.2, 0.25) is 0 Å². The van der Waals surface area contributed by atoms with E-state index in [1.54, 1.807) is 0 Å². The van der Waals surface area contributed by atoms with Crippen LogP contribution in [0.25, 0.3) is 0 Å². The van der Waals surface area contributed by atoms with E-state index in [2.05, 4.69) is 13.8 Å². The van der Waals surface area contributed by atoms with Crippen molar-refractivity contribution < 1.29 is 9.53 Å². The fraction of sp³-hybridized carbons (Fsp3) is 0.588. The van der Waals surface area contributed by atoms with Gasteiger partial charge >= 0.3 is 5.97 Å². The van der Waals surface area contributed by atoms with Crippen LogP contribution in [0, 0.1) is 5.92 Å². The molecule has 1 rings (SSSR count). The molecule has 0 aliphatic heterocycles. The van der Waals surface area contributed by atoms with Gasteiger partial charge in [-0.15, -0.1) is 0 Å². The highest BCUT2D eigenvalue weighted by molar-refractivity contribution is 5.89. The van der Waals surface area contributed by atoms with Crippen LogP contribution in [0.1, 0.15) is 55.5 Å². The highest BCUT2D eigenvalue weighted by Crippen LogP contribution is 2.14. The molecule has 1 aromatic carbocycles. The Kier molecular flexibility index (Phi) is 7.97. The zero-order chi connectivity index (χ0) is 14.8. The van der Waals surface area contributed by atoms with Crippen molar-refractivity contribution in [1.29, 1.82) is 0 Å². The Balaban J connectivity index is 2.45. The van der Waals surface area contributed by atoms with Crippen molar-refractivity contribution in [3.63, 3.8) is 0 Å². The Morgan fingerprint density at radius 2 is 1.95 bits per heavy atom. The predicted molar refractivity (Wildman–Crippen MR) is 82.8 cm³/mol. The molecule has 0 radical (unpaired) electrons. The van der Waals surface area contributed by atoms with E-state index in [0.717, 1.165) is 24.8 Å². The number of unbranched alkanes of at least 4 members (excludes halogenated alkanes) is 1. The van der Waals surface area contributed by atoms with Crippen molar-refractivity contribution in [1.82, 2.24) is 0 Å². The molecule has 0 saturated heterocycles. The average Bonchev–Trinajstić information content (AvgIpc) is 2.48. The zero-order valence-corrected chi connectivity index (χ0v) is 12.7. The lowest BCUT2D eigenvalue weighted by Crippen LogP contribution is -2.14. The van der Waals surface area contributed by atoms with E-state index in [1.165, 1.54) is 12.8 Å². The second-order valence-electron chi connectivity index (χ2n) is 5.25. The highest BCUT2D eigenvalue weighted by atomic mass is 16.5. The first-order valence-electron chi connectivity index (χ1n) is 7.67. The van der Waals surface area contributed by atoms with Gasteiger partial charge in [0, 0.05) is 0 Å². The molecule has 0 aliphatic rings. The Labute approximate surface area is 122 Å². The molecule has 0 spiro atoms. The van der Waals surface area contributed by atoms with Gasteiger partial charge in [-0.2, -0.15) is 0 Å². The third kappa shape index (κ3) is 5.74. The molecule has 1 atom stereocenters. The number of rotatable bonds is 9. The Morgan fingerprint density at radius 3 is 2.50 bits per heavy atom. The minimum atomic E-state index is -0.223. The molecular weight excluding hydrogens is 250 g/mol. The zero-order valence-electron chi connectivity index (χ0n) is 12.7. The first-order valence-corrected chi connectivity index (χ1v) is 7.67. The summed E-state index contributed by atoms with van der Waals surface area (Å²) in [4.78, 5) is 12.0. The summed E-state index contributed by atoms with van der Waals surface area (Å²) in [6, 6.07) is 7.52. The molecule has 0 bridgehead atoms. The topological polar surface area (TPSA) is 52.3 Å². The van der Waals surface area contributed by atoms with Gasteiger partial charge in [-0.05, 0) is 43.0 Å². The molecule has 0 heterocycles. The summed E-state index contributed by atoms with van der Waals surface area (Å²) >= 11 is 0. The van der Waals surface area contributed by atoms with Crippen LogP contribution in [-0.2, 0) is 11.2 Å². The van der Waals surface area contributed by atoms with E-state index in [9.17, 15) is 4.79 Å². The number of esters is 1. The summed E-state index contributed by atoms with van der Waals surface area (Å²) in [6.07, 6.45) is 5.42. The van der Waals surface area contributed by atoms with Gasteiger partial charge in [0.05, 0.1) is 12.2 Å². The van der Waals surface area contributed by atoms with Gasteiger partial charge in [-0.25, -0.2) is 4.79 Å². The SMILES string of the molecule is CCCCC(CC)COC(=O)c1ccc(CCN)cc1. The minimum absolute atomic E-state index is 0.223. The second kappa shape index (κ2) is 9.54. The lowest BCUT2D eigenvalue weighted by atomic mass is 10.0. The number of hydrogen-bond acceptors (Lipinski definition) is 3. The predicted octanol–water partition coefficient (Wildman–Crippen LogP) is 3.56. The van der Waals surface area contributed by atoms with Gasteiger partial charge in [-0.3, -0.25) is 0 Å². The Morgan fingerprint density at radius 1 is 1.25 bits per heavy atom. The van der Waals surface area contributed by atoms with Crippen LogP contribution in [0.5, 0.6) is 0 Å². The van der Waals surface area contributed by atoms with Crippen LogP contribution >= 0.6 is 0 Å². The van der Waals surface area contributed by atoms with E-state index >= 15 is 0 Å². The molecule has 0 aliphatic carbocycles. The van der Waals surface area contributed by atoms with Crippen LogP contribution in [0.3, 0.4) is 0 Å². The van der Waals surface area contributed by atoms with Gasteiger partial charge in [0.15, 0.2) is 0 Å². The molecule has 1 unspecified atom stereocenters. The van der Waals surface area contributed by atoms with Crippen LogP contribution in [0.4, 0.5) is 0 Å². The lowest BCUT2D eigenvalue weighted by molar-refractivity contribution is 0.0428. The normalized spacial score (nSPS) is 12.2. The van der Waals surface area contributed by atoms with Crippen molar-refractivity contribution in [3.8, 4) is 0 Å². The molecule has 20 heavy (non-hydrogen) atoms. The number of hydrogen-bond donors (Lipinski definition) is 1. The average molecular weight is 277 g/mol. The summed E-state index contributed by atoms with van der Waals surface area (Å²) in [5.41, 5.74) is 7.28. The molecular formula is C17H27NO2. The molecule has 0 saturated carbocycles. The van der Waals surface area contributed by atoms with Crippen molar-refractivity contribution in [2.45, 2.75) is 46.0 Å². The number of carbonyl (C=O) groups is 1. The summed E-state index contributed by atoms with van der Waals surface area (Å²) in [7, 11) is 0. The smallest absolute Gasteiger partial charge is 0.338 e. The molecule has 3 heteroatoms. The Hall–Kier alpha value is -1.35. The fourth-order valence-electron chi connectivity index (χ4n) is 2.15. The van der Waals surface area contributed by atoms with E-state index in [4.69, 9.17) is 10.5 Å². The second-order valence-corrected chi connectivity index (χ2v) is 5.25. The lowest BCUT2D eigenvalue weighted by Gasteiger charge is -2.14. The molecule has 0 aromatic heterocycles. The number of ether oxygens (including phenoxy) is 1. The van der Waals surface area contributed by atoms with Crippen LogP contribution in [0.15, 0.2) is 24.3 Å². The quantitative estimate of drug-likeness (QED) is 0.702. The van der Waals surface area contributed by atoms with E-state index in [0.29, 0.717) is 24.6 Å². The van der Waals surface area contributed by atoms with Crippen molar-refractivity contribution in [2.75, 3.05) is 13.2 Å². The highest BCUT2D eigenvalue weighted by Gasteiger charge is 2.11. The molecule has 0 fully saturated rings. The molecule has 2 N–H and O–H groups in total. The molecule has 1 aromatic rings. The van der Waals surface area contributed by atoms with Gasteiger partial charge in [0.1, 0.15) is 0 Å². The van der Waals surface area contributed by atoms with E-state index < -0.39 is 0 Å². The largest absolute Gasteiger partial charge is 0.462 e. The van der Waals surface area contributed by atoms with Gasteiger partial charge in [-0.1, -0.05) is 45.2 Å². The Bertz CT molecular complexity index is 386.